The van der Waals surface area contributed by atoms with E-state index in [1.165, 1.54) is 37.0 Å². The van der Waals surface area contributed by atoms with Crippen LogP contribution in [-0.4, -0.2) is 51.5 Å². The maximum Gasteiger partial charge on any atom is 0.326 e. The van der Waals surface area contributed by atoms with Crippen molar-refractivity contribution >= 4 is 29.1 Å². The second kappa shape index (κ2) is 18.6. The van der Waals surface area contributed by atoms with Crippen molar-refractivity contribution in [1.29, 1.82) is 0 Å². The first-order valence-corrected chi connectivity index (χ1v) is 18.8. The molecule has 0 aliphatic rings. The number of carbonyl (C=O) groups excluding carboxylic acids is 2. The van der Waals surface area contributed by atoms with E-state index in [4.69, 9.17) is 4.74 Å². The number of carboxylic acids is 1. The number of aromatic nitrogens is 2. The minimum absolute atomic E-state index is 0.121. The molecular weight excluding hydrogens is 661 g/mol. The van der Waals surface area contributed by atoms with E-state index in [1.807, 2.05) is 61.5 Å². The number of ether oxygens (including phenoxy) is 1. The molecule has 0 unspecified atom stereocenters. The largest absolute Gasteiger partial charge is 0.494 e. The van der Waals surface area contributed by atoms with Gasteiger partial charge in [-0.3, -0.25) is 9.59 Å². The van der Waals surface area contributed by atoms with Crippen molar-refractivity contribution in [2.45, 2.75) is 104 Å². The number of aliphatic carboxylic acids is 1. The molecule has 2 aromatic carbocycles. The van der Waals surface area contributed by atoms with Gasteiger partial charge in [-0.1, -0.05) is 110 Å². The highest BCUT2D eigenvalue weighted by molar-refractivity contribution is 7.14. The average Bonchev–Trinajstić information content (AvgIpc) is 3.64. The molecule has 4 aromatic rings. The molecule has 9 nitrogen and oxygen atoms in total. The molecule has 272 valence electrons. The van der Waals surface area contributed by atoms with Crippen LogP contribution in [0.3, 0.4) is 0 Å². The van der Waals surface area contributed by atoms with Crippen molar-refractivity contribution in [1.82, 2.24) is 20.6 Å². The van der Waals surface area contributed by atoms with Crippen LogP contribution in [0.4, 0.5) is 0 Å². The molecule has 0 aliphatic carbocycles. The molecule has 0 fully saturated rings. The summed E-state index contributed by atoms with van der Waals surface area (Å²) in [4.78, 5) is 49.6. The molecule has 4 rings (SSSR count). The summed E-state index contributed by atoms with van der Waals surface area (Å²) in [5.41, 5.74) is 3.35. The van der Waals surface area contributed by atoms with Gasteiger partial charge in [0, 0.05) is 34.8 Å². The maximum atomic E-state index is 13.5. The summed E-state index contributed by atoms with van der Waals surface area (Å²) in [6.45, 7) is 12.8. The molecule has 0 saturated heterocycles. The second-order valence-electron chi connectivity index (χ2n) is 14.1. The van der Waals surface area contributed by atoms with Gasteiger partial charge in [0.25, 0.3) is 5.91 Å². The molecule has 3 N–H and O–H groups in total. The van der Waals surface area contributed by atoms with Gasteiger partial charge in [0.2, 0.25) is 5.91 Å². The van der Waals surface area contributed by atoms with Crippen LogP contribution in [-0.2, 0) is 21.4 Å². The standard InChI is InChI=1S/C41H52N4O5S/c1-7-9-10-11-12-23-50-32-19-17-29(18-20-32)31-25-42-37(43-26-31)30-15-13-28(14-16-30)24-33(38(46)45-36(40(48)49)27(3)8-2)44-39(47)34-21-22-35(51-34)41(4,5)6/h13-22,25-27,33,36H,7-12,23-24H2,1-6H3,(H,44,47)(H,45,46)(H,48,49)/t27-,33-,36+/m0/s1. The molecular formula is C41H52N4O5S. The zero-order valence-electron chi connectivity index (χ0n) is 30.7. The van der Waals surface area contributed by atoms with Gasteiger partial charge in [-0.25, -0.2) is 14.8 Å². The van der Waals surface area contributed by atoms with Gasteiger partial charge in [-0.15, -0.1) is 11.3 Å². The molecule has 0 radical (unpaired) electrons. The number of nitrogens with one attached hydrogen (secondary N) is 2. The average molecular weight is 713 g/mol. The molecule has 2 heterocycles. The summed E-state index contributed by atoms with van der Waals surface area (Å²) in [5.74, 6) is -0.917. The van der Waals surface area contributed by atoms with Crippen LogP contribution in [0.15, 0.2) is 73.1 Å². The number of benzene rings is 2. The molecule has 2 aromatic heterocycles. The van der Waals surface area contributed by atoms with Gasteiger partial charge < -0.3 is 20.5 Å². The monoisotopic (exact) mass is 712 g/mol. The van der Waals surface area contributed by atoms with E-state index in [9.17, 15) is 19.5 Å². The minimum atomic E-state index is -1.11. The zero-order chi connectivity index (χ0) is 37.0. The zero-order valence-corrected chi connectivity index (χ0v) is 31.5. The summed E-state index contributed by atoms with van der Waals surface area (Å²) in [6.07, 6.45) is 10.3. The summed E-state index contributed by atoms with van der Waals surface area (Å²) in [5, 5.41) is 15.4. The maximum absolute atomic E-state index is 13.5. The van der Waals surface area contributed by atoms with Crippen molar-refractivity contribution in [3.63, 3.8) is 0 Å². The summed E-state index contributed by atoms with van der Waals surface area (Å²) < 4.78 is 5.89. The summed E-state index contributed by atoms with van der Waals surface area (Å²) in [7, 11) is 0. The van der Waals surface area contributed by atoms with E-state index in [1.54, 1.807) is 25.4 Å². The molecule has 0 bridgehead atoms. The lowest BCUT2D eigenvalue weighted by molar-refractivity contribution is -0.143. The number of thiophene rings is 1. The number of carbonyl (C=O) groups is 3. The normalized spacial score (nSPS) is 13.2. The highest BCUT2D eigenvalue weighted by Crippen LogP contribution is 2.30. The number of amides is 2. The Labute approximate surface area is 306 Å². The lowest BCUT2D eigenvalue weighted by Gasteiger charge is -2.24. The lowest BCUT2D eigenvalue weighted by Crippen LogP contribution is -2.54. The summed E-state index contributed by atoms with van der Waals surface area (Å²) >= 11 is 1.38. The Morgan fingerprint density at radius 2 is 1.47 bits per heavy atom. The van der Waals surface area contributed by atoms with Crippen LogP contribution in [0.25, 0.3) is 22.5 Å². The van der Waals surface area contributed by atoms with Crippen LogP contribution < -0.4 is 15.4 Å². The third-order valence-electron chi connectivity index (χ3n) is 8.98. The van der Waals surface area contributed by atoms with Crippen molar-refractivity contribution in [3.05, 3.63) is 88.4 Å². The molecule has 51 heavy (non-hydrogen) atoms. The van der Waals surface area contributed by atoms with Crippen LogP contribution in [0.5, 0.6) is 5.75 Å². The third kappa shape index (κ3) is 11.5. The van der Waals surface area contributed by atoms with Crippen molar-refractivity contribution in [3.8, 4) is 28.3 Å². The van der Waals surface area contributed by atoms with E-state index in [-0.39, 0.29) is 23.7 Å². The Balaban J connectivity index is 1.43. The van der Waals surface area contributed by atoms with Gasteiger partial charge in [0.05, 0.1) is 11.5 Å². The highest BCUT2D eigenvalue weighted by atomic mass is 32.1. The van der Waals surface area contributed by atoms with E-state index < -0.39 is 24.0 Å². The smallest absolute Gasteiger partial charge is 0.326 e. The van der Waals surface area contributed by atoms with E-state index in [0.717, 1.165) is 45.9 Å². The predicted molar refractivity (Wildman–Crippen MR) is 204 cm³/mol. The fraction of sp³-hybridized carbons (Fsp3) is 0.439. The quantitative estimate of drug-likeness (QED) is 0.0883. The molecule has 0 saturated carbocycles. The number of carboxylic acid groups (broad SMARTS) is 1. The molecule has 2 amide bonds. The molecule has 3 atom stereocenters. The fourth-order valence-electron chi connectivity index (χ4n) is 5.53. The van der Waals surface area contributed by atoms with Gasteiger partial charge in [0.15, 0.2) is 5.82 Å². The Kier molecular flexibility index (Phi) is 14.3. The van der Waals surface area contributed by atoms with Crippen molar-refractivity contribution in [2.24, 2.45) is 5.92 Å². The summed E-state index contributed by atoms with van der Waals surface area (Å²) in [6, 6.07) is 17.1. The second-order valence-corrected chi connectivity index (χ2v) is 15.2. The molecule has 0 aliphatic heterocycles. The molecule has 0 spiro atoms. The Bertz CT molecular complexity index is 1710. The first-order valence-electron chi connectivity index (χ1n) is 18.0. The Morgan fingerprint density at radius 3 is 2.06 bits per heavy atom. The number of rotatable bonds is 18. The number of unbranched alkanes of at least 4 members (excludes halogenated alkanes) is 4. The van der Waals surface area contributed by atoms with Gasteiger partial charge in [-0.05, 0) is 53.1 Å². The lowest BCUT2D eigenvalue weighted by atomic mass is 9.95. The topological polar surface area (TPSA) is 131 Å². The van der Waals surface area contributed by atoms with Crippen LogP contribution >= 0.6 is 11.3 Å². The number of nitrogens with zero attached hydrogens (tertiary/aromatic N) is 2. The SMILES string of the molecule is CCCCCCCOc1ccc(-c2cnc(-c3ccc(C[C@H](NC(=O)c4ccc(C(C)(C)C)s4)C(=O)N[C@@H](C(=O)O)[C@@H](C)CC)cc3)nc2)cc1. The van der Waals surface area contributed by atoms with E-state index in [2.05, 4.69) is 48.3 Å². The van der Waals surface area contributed by atoms with Crippen molar-refractivity contribution in [2.75, 3.05) is 6.61 Å². The van der Waals surface area contributed by atoms with Crippen LogP contribution in [0.2, 0.25) is 0 Å². The Morgan fingerprint density at radius 1 is 0.824 bits per heavy atom. The van der Waals surface area contributed by atoms with Gasteiger partial charge >= 0.3 is 5.97 Å². The van der Waals surface area contributed by atoms with Crippen LogP contribution in [0, 0.1) is 5.92 Å². The van der Waals surface area contributed by atoms with Crippen molar-refractivity contribution < 1.29 is 24.2 Å². The predicted octanol–water partition coefficient (Wildman–Crippen LogP) is 8.48. The van der Waals surface area contributed by atoms with Gasteiger partial charge in [-0.2, -0.15) is 0 Å². The van der Waals surface area contributed by atoms with Crippen LogP contribution in [0.1, 0.15) is 100 Å². The Hall–Kier alpha value is -4.57. The van der Waals surface area contributed by atoms with E-state index in [0.29, 0.717) is 17.1 Å². The highest BCUT2D eigenvalue weighted by Gasteiger charge is 2.30. The first kappa shape index (κ1) is 39.2. The third-order valence-corrected chi connectivity index (χ3v) is 10.5. The molecule has 10 heteroatoms. The first-order chi connectivity index (χ1) is 24.4. The van der Waals surface area contributed by atoms with E-state index >= 15 is 0 Å². The minimum Gasteiger partial charge on any atom is -0.494 e. The number of hydrogen-bond acceptors (Lipinski definition) is 7. The number of hydrogen-bond donors (Lipinski definition) is 3. The fourth-order valence-corrected chi connectivity index (χ4v) is 6.50. The van der Waals surface area contributed by atoms with Gasteiger partial charge in [0.1, 0.15) is 17.8 Å².